The molecule has 1 heterocycles. The van der Waals surface area contributed by atoms with Gasteiger partial charge in [0.15, 0.2) is 5.69 Å². The molecule has 1 aromatic heterocycles. The summed E-state index contributed by atoms with van der Waals surface area (Å²) in [6, 6.07) is 5.35. The molecule has 2 aromatic rings. The van der Waals surface area contributed by atoms with Gasteiger partial charge in [0.2, 0.25) is 0 Å². The van der Waals surface area contributed by atoms with Gasteiger partial charge in [0.1, 0.15) is 11.4 Å². The highest BCUT2D eigenvalue weighted by molar-refractivity contribution is 6.17. The lowest BCUT2D eigenvalue weighted by Gasteiger charge is -2.13. The minimum atomic E-state index is -0.239. The third kappa shape index (κ3) is 5.22. The van der Waals surface area contributed by atoms with Crippen LogP contribution in [0.15, 0.2) is 24.4 Å². The molecule has 150 valence electrons. The van der Waals surface area contributed by atoms with Crippen molar-refractivity contribution >= 4 is 23.4 Å². The second-order valence-corrected chi connectivity index (χ2v) is 6.96. The van der Waals surface area contributed by atoms with Crippen molar-refractivity contribution in [2.75, 3.05) is 19.0 Å². The molecular weight excluding hydrogens is 382 g/mol. The molecule has 28 heavy (non-hydrogen) atoms. The van der Waals surface area contributed by atoms with Gasteiger partial charge >= 0.3 is 0 Å². The van der Waals surface area contributed by atoms with E-state index in [4.69, 9.17) is 16.3 Å². The maximum absolute atomic E-state index is 12.2. The molecule has 1 aliphatic rings. The number of carbonyl (C=O) groups excluding carboxylic acids is 2. The molecule has 1 fully saturated rings. The lowest BCUT2D eigenvalue weighted by atomic mass is 10.1. The van der Waals surface area contributed by atoms with Gasteiger partial charge in [-0.2, -0.15) is 0 Å². The first-order valence-electron chi connectivity index (χ1n) is 9.47. The summed E-state index contributed by atoms with van der Waals surface area (Å²) in [4.78, 5) is 24.3. The fourth-order valence-corrected chi connectivity index (χ4v) is 2.76. The SMILES string of the molecule is CCNC(=O)c1ccc(-n2cc(C(=O)NC3CC3)nn2)c(OCCCCCl)c1. The van der Waals surface area contributed by atoms with Gasteiger partial charge < -0.3 is 15.4 Å². The molecule has 2 amide bonds. The molecule has 8 nitrogen and oxygen atoms in total. The van der Waals surface area contributed by atoms with Crippen molar-refractivity contribution < 1.29 is 14.3 Å². The summed E-state index contributed by atoms with van der Waals surface area (Å²) < 4.78 is 7.37. The van der Waals surface area contributed by atoms with Crippen LogP contribution < -0.4 is 15.4 Å². The van der Waals surface area contributed by atoms with Crippen LogP contribution in [0.4, 0.5) is 0 Å². The summed E-state index contributed by atoms with van der Waals surface area (Å²) >= 11 is 5.72. The Balaban J connectivity index is 1.82. The standard InChI is InChI=1S/C19H24ClN5O3/c1-2-21-18(26)13-5-8-16(17(11-13)28-10-4-3-9-20)25-12-15(23-24-25)19(27)22-14-6-7-14/h5,8,11-12,14H,2-4,6-7,9-10H2,1H3,(H,21,26)(H,22,27). The van der Waals surface area contributed by atoms with Crippen LogP contribution in [0.2, 0.25) is 0 Å². The predicted molar refractivity (Wildman–Crippen MR) is 105 cm³/mol. The van der Waals surface area contributed by atoms with Crippen molar-refractivity contribution in [1.82, 2.24) is 25.6 Å². The van der Waals surface area contributed by atoms with Crippen molar-refractivity contribution in [3.8, 4) is 11.4 Å². The summed E-state index contributed by atoms with van der Waals surface area (Å²) in [5, 5.41) is 13.7. The lowest BCUT2D eigenvalue weighted by Crippen LogP contribution is -2.25. The van der Waals surface area contributed by atoms with Gasteiger partial charge in [-0.25, -0.2) is 4.68 Å². The Bertz CT molecular complexity index is 835. The van der Waals surface area contributed by atoms with Crippen molar-refractivity contribution in [3.05, 3.63) is 35.7 Å². The Kier molecular flexibility index (Phi) is 6.86. The zero-order valence-electron chi connectivity index (χ0n) is 15.8. The number of carbonyl (C=O) groups is 2. The van der Waals surface area contributed by atoms with Crippen LogP contribution in [0, 0.1) is 0 Å². The van der Waals surface area contributed by atoms with Crippen LogP contribution in [-0.4, -0.2) is 51.9 Å². The van der Waals surface area contributed by atoms with Gasteiger partial charge in [-0.15, -0.1) is 16.7 Å². The summed E-state index contributed by atoms with van der Waals surface area (Å²) in [6.07, 6.45) is 5.19. The van der Waals surface area contributed by atoms with Crippen molar-refractivity contribution in [2.24, 2.45) is 0 Å². The lowest BCUT2D eigenvalue weighted by molar-refractivity contribution is 0.0941. The molecule has 1 aliphatic carbocycles. The van der Waals surface area contributed by atoms with Gasteiger partial charge in [0, 0.05) is 24.0 Å². The number of halogens is 1. The minimum Gasteiger partial charge on any atom is -0.491 e. The molecule has 3 rings (SSSR count). The van der Waals surface area contributed by atoms with Crippen molar-refractivity contribution in [3.63, 3.8) is 0 Å². The third-order valence-electron chi connectivity index (χ3n) is 4.23. The summed E-state index contributed by atoms with van der Waals surface area (Å²) in [6.45, 7) is 2.86. The minimum absolute atomic E-state index is 0.178. The number of nitrogens with zero attached hydrogens (tertiary/aromatic N) is 3. The number of aromatic nitrogens is 3. The number of amides is 2. The number of nitrogens with one attached hydrogen (secondary N) is 2. The normalized spacial score (nSPS) is 13.2. The van der Waals surface area contributed by atoms with Crippen LogP contribution in [0.5, 0.6) is 5.75 Å². The van der Waals surface area contributed by atoms with Gasteiger partial charge in [0.25, 0.3) is 11.8 Å². The van der Waals surface area contributed by atoms with Crippen LogP contribution in [0.3, 0.4) is 0 Å². The van der Waals surface area contributed by atoms with E-state index < -0.39 is 0 Å². The highest BCUT2D eigenvalue weighted by atomic mass is 35.5. The van der Waals surface area contributed by atoms with E-state index in [9.17, 15) is 9.59 Å². The maximum atomic E-state index is 12.2. The van der Waals surface area contributed by atoms with Gasteiger partial charge in [0.05, 0.1) is 12.8 Å². The van der Waals surface area contributed by atoms with Crippen LogP contribution in [0.25, 0.3) is 5.69 Å². The smallest absolute Gasteiger partial charge is 0.273 e. The molecule has 0 saturated heterocycles. The Hall–Kier alpha value is -2.61. The number of unbranched alkanes of at least 4 members (excludes halogenated alkanes) is 1. The molecule has 0 bridgehead atoms. The zero-order valence-corrected chi connectivity index (χ0v) is 16.5. The Morgan fingerprint density at radius 3 is 2.82 bits per heavy atom. The molecular formula is C19H24ClN5O3. The van der Waals surface area contributed by atoms with E-state index in [-0.39, 0.29) is 23.6 Å². The largest absolute Gasteiger partial charge is 0.491 e. The highest BCUT2D eigenvalue weighted by Crippen LogP contribution is 2.25. The first kappa shape index (κ1) is 20.1. The molecule has 0 spiro atoms. The number of benzene rings is 1. The number of hydrogen-bond donors (Lipinski definition) is 2. The molecule has 1 aromatic carbocycles. The summed E-state index contributed by atoms with van der Waals surface area (Å²) in [7, 11) is 0. The molecule has 0 atom stereocenters. The molecule has 0 aliphatic heterocycles. The molecule has 2 N–H and O–H groups in total. The van der Waals surface area contributed by atoms with Crippen molar-refractivity contribution in [1.29, 1.82) is 0 Å². The topological polar surface area (TPSA) is 98.1 Å². The Morgan fingerprint density at radius 1 is 1.29 bits per heavy atom. The second-order valence-electron chi connectivity index (χ2n) is 6.58. The van der Waals surface area contributed by atoms with E-state index in [1.807, 2.05) is 6.92 Å². The van der Waals surface area contributed by atoms with Gasteiger partial charge in [-0.3, -0.25) is 9.59 Å². The second kappa shape index (κ2) is 9.54. The van der Waals surface area contributed by atoms with E-state index in [1.54, 1.807) is 24.4 Å². The molecule has 1 saturated carbocycles. The fourth-order valence-electron chi connectivity index (χ4n) is 2.57. The van der Waals surface area contributed by atoms with E-state index in [0.29, 0.717) is 36.0 Å². The van der Waals surface area contributed by atoms with E-state index in [1.165, 1.54) is 4.68 Å². The average Bonchev–Trinajstić information content (AvgIpc) is 3.37. The fraction of sp³-hybridized carbons (Fsp3) is 0.474. The van der Waals surface area contributed by atoms with Crippen molar-refractivity contribution in [2.45, 2.75) is 38.6 Å². The Morgan fingerprint density at radius 2 is 2.11 bits per heavy atom. The average molecular weight is 406 g/mol. The predicted octanol–water partition coefficient (Wildman–Crippen LogP) is 2.31. The quantitative estimate of drug-likeness (QED) is 0.467. The van der Waals surface area contributed by atoms with Gasteiger partial charge in [-0.1, -0.05) is 5.21 Å². The number of alkyl halides is 1. The number of hydrogen-bond acceptors (Lipinski definition) is 5. The molecule has 9 heteroatoms. The van der Waals surface area contributed by atoms with E-state index in [2.05, 4.69) is 20.9 Å². The number of ether oxygens (including phenoxy) is 1. The summed E-state index contributed by atoms with van der Waals surface area (Å²) in [5.41, 5.74) is 1.34. The molecule has 0 radical (unpaired) electrons. The first-order chi connectivity index (χ1) is 13.6. The maximum Gasteiger partial charge on any atom is 0.273 e. The zero-order chi connectivity index (χ0) is 19.9. The van der Waals surface area contributed by atoms with Crippen LogP contribution >= 0.6 is 11.6 Å². The monoisotopic (exact) mass is 405 g/mol. The van der Waals surface area contributed by atoms with Crippen LogP contribution in [-0.2, 0) is 0 Å². The van der Waals surface area contributed by atoms with Crippen LogP contribution in [0.1, 0.15) is 53.5 Å². The van der Waals surface area contributed by atoms with Gasteiger partial charge in [-0.05, 0) is 50.8 Å². The Labute approximate surface area is 168 Å². The molecule has 0 unspecified atom stereocenters. The summed E-state index contributed by atoms with van der Waals surface area (Å²) in [5.74, 6) is 0.648. The van der Waals surface area contributed by atoms with E-state index in [0.717, 1.165) is 25.7 Å². The third-order valence-corrected chi connectivity index (χ3v) is 4.50. The van der Waals surface area contributed by atoms with E-state index >= 15 is 0 Å². The highest BCUT2D eigenvalue weighted by Gasteiger charge is 2.25. The number of rotatable bonds is 10. The first-order valence-corrected chi connectivity index (χ1v) is 10.0.